The van der Waals surface area contributed by atoms with Crippen LogP contribution in [0.2, 0.25) is 0 Å². The van der Waals surface area contributed by atoms with Crippen LogP contribution in [0.3, 0.4) is 0 Å². The molecule has 0 aliphatic rings. The van der Waals surface area contributed by atoms with Crippen LogP contribution < -0.4 is 0 Å². The largest absolute Gasteiger partial charge is 0.436 e. The van der Waals surface area contributed by atoms with Crippen LogP contribution in [0.15, 0.2) is 59.5 Å². The number of rotatable bonds is 2. The number of oxazole rings is 1. The lowest BCUT2D eigenvalue weighted by molar-refractivity contribution is 0.619. The van der Waals surface area contributed by atoms with Gasteiger partial charge in [0, 0.05) is 24.2 Å². The molecule has 0 saturated carbocycles. The van der Waals surface area contributed by atoms with Gasteiger partial charge in [-0.2, -0.15) is 5.10 Å². The van der Waals surface area contributed by atoms with E-state index in [2.05, 4.69) is 20.2 Å². The van der Waals surface area contributed by atoms with Gasteiger partial charge >= 0.3 is 0 Å². The van der Waals surface area contributed by atoms with Gasteiger partial charge in [0.1, 0.15) is 5.52 Å². The molecule has 20 heavy (non-hydrogen) atoms. The predicted molar refractivity (Wildman–Crippen MR) is 74.8 cm³/mol. The van der Waals surface area contributed by atoms with Gasteiger partial charge in [-0.25, -0.2) is 4.98 Å². The Bertz CT molecular complexity index is 850. The molecule has 3 aromatic heterocycles. The topological polar surface area (TPSA) is 67.6 Å². The Balaban J connectivity index is 1.84. The minimum atomic E-state index is 0.581. The monoisotopic (exact) mass is 262 g/mol. The minimum Gasteiger partial charge on any atom is -0.436 e. The maximum Gasteiger partial charge on any atom is 0.228 e. The Labute approximate surface area is 114 Å². The fraction of sp³-hybridized carbons (Fsp3) is 0. The average Bonchev–Trinajstić information content (AvgIpc) is 3.16. The standard InChI is InChI=1S/C15H10N4O/c1-2-11(7-16-5-1)15-19-13-6-10(3-4-14(13)20-15)12-8-17-18-9-12/h1-9H,(H,17,18). The number of nitrogens with one attached hydrogen (secondary N) is 1. The van der Waals surface area contributed by atoms with Crippen molar-refractivity contribution >= 4 is 11.1 Å². The third-order valence-electron chi connectivity index (χ3n) is 3.13. The average molecular weight is 262 g/mol. The van der Waals surface area contributed by atoms with Gasteiger partial charge in [-0.1, -0.05) is 6.07 Å². The molecule has 0 aliphatic heterocycles. The van der Waals surface area contributed by atoms with E-state index in [4.69, 9.17) is 4.42 Å². The first kappa shape index (κ1) is 10.9. The van der Waals surface area contributed by atoms with Gasteiger partial charge in [-0.15, -0.1) is 0 Å². The molecule has 4 rings (SSSR count). The SMILES string of the molecule is c1cncc(-c2nc3cc(-c4cn[nH]c4)ccc3o2)c1. The summed E-state index contributed by atoms with van der Waals surface area (Å²) in [6, 6.07) is 9.69. The van der Waals surface area contributed by atoms with E-state index in [1.54, 1.807) is 18.6 Å². The first-order valence-electron chi connectivity index (χ1n) is 6.20. The maximum atomic E-state index is 5.75. The Morgan fingerprint density at radius 2 is 2.00 bits per heavy atom. The van der Waals surface area contributed by atoms with E-state index in [1.165, 1.54) is 0 Å². The van der Waals surface area contributed by atoms with Crippen molar-refractivity contribution in [3.63, 3.8) is 0 Å². The van der Waals surface area contributed by atoms with E-state index in [0.29, 0.717) is 5.89 Å². The van der Waals surface area contributed by atoms with Crippen molar-refractivity contribution in [2.24, 2.45) is 0 Å². The molecular formula is C15H10N4O. The molecule has 0 aliphatic carbocycles. The summed E-state index contributed by atoms with van der Waals surface area (Å²) in [6.45, 7) is 0. The molecule has 4 aromatic rings. The van der Waals surface area contributed by atoms with E-state index < -0.39 is 0 Å². The second-order valence-corrected chi connectivity index (χ2v) is 4.43. The van der Waals surface area contributed by atoms with Crippen LogP contribution in [0, 0.1) is 0 Å². The highest BCUT2D eigenvalue weighted by Crippen LogP contribution is 2.27. The summed E-state index contributed by atoms with van der Waals surface area (Å²) < 4.78 is 5.75. The molecule has 0 saturated heterocycles. The summed E-state index contributed by atoms with van der Waals surface area (Å²) >= 11 is 0. The quantitative estimate of drug-likeness (QED) is 0.602. The number of nitrogens with zero attached hydrogens (tertiary/aromatic N) is 3. The van der Waals surface area contributed by atoms with Crippen molar-refractivity contribution in [3.8, 4) is 22.6 Å². The van der Waals surface area contributed by atoms with Crippen molar-refractivity contribution < 1.29 is 4.42 Å². The van der Waals surface area contributed by atoms with Gasteiger partial charge in [0.25, 0.3) is 0 Å². The predicted octanol–water partition coefficient (Wildman–Crippen LogP) is 3.28. The third-order valence-corrected chi connectivity index (χ3v) is 3.13. The number of H-pyrrole nitrogens is 1. The Hall–Kier alpha value is -2.95. The third kappa shape index (κ3) is 1.76. The van der Waals surface area contributed by atoms with Crippen molar-refractivity contribution in [2.75, 3.05) is 0 Å². The van der Waals surface area contributed by atoms with Gasteiger partial charge in [-0.05, 0) is 29.8 Å². The molecule has 5 heteroatoms. The van der Waals surface area contributed by atoms with Crippen LogP contribution in [0.25, 0.3) is 33.7 Å². The first-order chi connectivity index (χ1) is 9.90. The molecule has 0 amide bonds. The summed E-state index contributed by atoms with van der Waals surface area (Å²) in [4.78, 5) is 8.59. The fourth-order valence-electron chi connectivity index (χ4n) is 2.13. The maximum absolute atomic E-state index is 5.75. The lowest BCUT2D eigenvalue weighted by Crippen LogP contribution is -1.78. The molecule has 1 N–H and O–H groups in total. The van der Waals surface area contributed by atoms with Gasteiger partial charge in [-0.3, -0.25) is 10.1 Å². The normalized spacial score (nSPS) is 11.0. The first-order valence-corrected chi connectivity index (χ1v) is 6.20. The Morgan fingerprint density at radius 3 is 2.80 bits per heavy atom. The summed E-state index contributed by atoms with van der Waals surface area (Å²) in [5.74, 6) is 0.581. The van der Waals surface area contributed by atoms with Crippen LogP contribution in [0.1, 0.15) is 0 Å². The van der Waals surface area contributed by atoms with E-state index in [0.717, 1.165) is 27.8 Å². The molecule has 5 nitrogen and oxygen atoms in total. The van der Waals surface area contributed by atoms with Crippen molar-refractivity contribution in [3.05, 3.63) is 55.1 Å². The highest BCUT2D eigenvalue weighted by atomic mass is 16.3. The van der Waals surface area contributed by atoms with Gasteiger partial charge in [0.2, 0.25) is 5.89 Å². The van der Waals surface area contributed by atoms with Crippen LogP contribution in [-0.4, -0.2) is 20.2 Å². The molecule has 0 spiro atoms. The molecule has 96 valence electrons. The molecule has 0 atom stereocenters. The van der Waals surface area contributed by atoms with E-state index >= 15 is 0 Å². The zero-order chi connectivity index (χ0) is 13.4. The number of aromatic amines is 1. The van der Waals surface area contributed by atoms with Crippen LogP contribution in [0.4, 0.5) is 0 Å². The van der Waals surface area contributed by atoms with Gasteiger partial charge in [0.15, 0.2) is 5.58 Å². The summed E-state index contributed by atoms with van der Waals surface area (Å²) in [7, 11) is 0. The van der Waals surface area contributed by atoms with E-state index in [9.17, 15) is 0 Å². The van der Waals surface area contributed by atoms with Crippen LogP contribution in [0.5, 0.6) is 0 Å². The van der Waals surface area contributed by atoms with Crippen LogP contribution >= 0.6 is 0 Å². The molecule has 0 radical (unpaired) electrons. The van der Waals surface area contributed by atoms with Crippen molar-refractivity contribution in [1.29, 1.82) is 0 Å². The zero-order valence-electron chi connectivity index (χ0n) is 10.4. The van der Waals surface area contributed by atoms with Crippen LogP contribution in [-0.2, 0) is 0 Å². The molecule has 3 heterocycles. The number of pyridine rings is 1. The fourth-order valence-corrected chi connectivity index (χ4v) is 2.13. The molecular weight excluding hydrogens is 252 g/mol. The van der Waals surface area contributed by atoms with Crippen molar-refractivity contribution in [1.82, 2.24) is 20.2 Å². The number of benzene rings is 1. The smallest absolute Gasteiger partial charge is 0.228 e. The Morgan fingerprint density at radius 1 is 1.00 bits per heavy atom. The molecule has 0 fully saturated rings. The van der Waals surface area contributed by atoms with E-state index in [1.807, 2.05) is 36.5 Å². The number of hydrogen-bond donors (Lipinski definition) is 1. The second-order valence-electron chi connectivity index (χ2n) is 4.43. The molecule has 1 aromatic carbocycles. The minimum absolute atomic E-state index is 0.581. The van der Waals surface area contributed by atoms with Gasteiger partial charge < -0.3 is 4.42 Å². The number of hydrogen-bond acceptors (Lipinski definition) is 4. The van der Waals surface area contributed by atoms with Gasteiger partial charge in [0.05, 0.1) is 11.8 Å². The van der Waals surface area contributed by atoms with E-state index in [-0.39, 0.29) is 0 Å². The summed E-state index contributed by atoms with van der Waals surface area (Å²) in [5.41, 5.74) is 4.53. The highest BCUT2D eigenvalue weighted by molar-refractivity contribution is 5.82. The lowest BCUT2D eigenvalue weighted by Gasteiger charge is -1.94. The lowest BCUT2D eigenvalue weighted by atomic mass is 10.1. The zero-order valence-corrected chi connectivity index (χ0v) is 10.4. The molecule has 0 unspecified atom stereocenters. The highest BCUT2D eigenvalue weighted by Gasteiger charge is 2.09. The number of fused-ring (bicyclic) bond motifs is 1. The summed E-state index contributed by atoms with van der Waals surface area (Å²) in [6.07, 6.45) is 7.09. The molecule has 0 bridgehead atoms. The van der Waals surface area contributed by atoms with Crippen molar-refractivity contribution in [2.45, 2.75) is 0 Å². The second kappa shape index (κ2) is 4.31. The summed E-state index contributed by atoms with van der Waals surface area (Å²) in [5, 5.41) is 6.76. The number of aromatic nitrogens is 4. The Kier molecular flexibility index (Phi) is 2.35.